The van der Waals surface area contributed by atoms with Crippen molar-refractivity contribution in [2.75, 3.05) is 0 Å². The summed E-state index contributed by atoms with van der Waals surface area (Å²) in [6.45, 7) is 1.77. The van der Waals surface area contributed by atoms with Crippen molar-refractivity contribution < 1.29 is 4.39 Å². The summed E-state index contributed by atoms with van der Waals surface area (Å²) in [6.07, 6.45) is 5.49. The van der Waals surface area contributed by atoms with Crippen LogP contribution in [0, 0.1) is 12.7 Å². The van der Waals surface area contributed by atoms with Gasteiger partial charge in [0.05, 0.1) is 10.5 Å². The number of fused-ring (bicyclic) bond motifs is 2. The molecule has 1 aromatic carbocycles. The summed E-state index contributed by atoms with van der Waals surface area (Å²) in [5.74, 6) is -0.209. The molecule has 1 aliphatic carbocycles. The van der Waals surface area contributed by atoms with E-state index < -0.39 is 0 Å². The Hall–Kier alpha value is -1.15. The molecule has 0 fully saturated rings. The monoisotopic (exact) mass is 263 g/mol. The number of nitrogens with zero attached hydrogens (tertiary/aromatic N) is 1. The summed E-state index contributed by atoms with van der Waals surface area (Å²) < 4.78 is 13.6. The van der Waals surface area contributed by atoms with Crippen molar-refractivity contribution in [1.82, 2.24) is 4.98 Å². The van der Waals surface area contributed by atoms with E-state index in [0.29, 0.717) is 5.56 Å². The summed E-state index contributed by atoms with van der Waals surface area (Å²) in [4.78, 5) is 4.67. The summed E-state index contributed by atoms with van der Waals surface area (Å²) in [7, 11) is 0. The summed E-state index contributed by atoms with van der Waals surface area (Å²) >= 11 is 6.49. The van der Waals surface area contributed by atoms with Gasteiger partial charge >= 0.3 is 0 Å². The third-order valence-corrected chi connectivity index (χ3v) is 4.23. The van der Waals surface area contributed by atoms with E-state index in [1.165, 1.54) is 24.5 Å². The van der Waals surface area contributed by atoms with Crippen LogP contribution in [0.25, 0.3) is 10.9 Å². The molecule has 0 spiro atoms. The van der Waals surface area contributed by atoms with E-state index >= 15 is 0 Å². The Kier molecular flexibility index (Phi) is 2.98. The van der Waals surface area contributed by atoms with Crippen LogP contribution < -0.4 is 0 Å². The third kappa shape index (κ3) is 1.79. The average molecular weight is 264 g/mol. The highest BCUT2D eigenvalue weighted by Gasteiger charge is 2.17. The van der Waals surface area contributed by atoms with Crippen molar-refractivity contribution >= 4 is 22.5 Å². The van der Waals surface area contributed by atoms with E-state index in [9.17, 15) is 4.39 Å². The zero-order valence-electron chi connectivity index (χ0n) is 10.4. The quantitative estimate of drug-likeness (QED) is 0.633. The van der Waals surface area contributed by atoms with Crippen molar-refractivity contribution in [3.63, 3.8) is 0 Å². The molecule has 1 heterocycles. The lowest BCUT2D eigenvalue weighted by molar-refractivity contribution is 0.620. The maximum absolute atomic E-state index is 13.6. The van der Waals surface area contributed by atoms with Crippen molar-refractivity contribution in [3.05, 3.63) is 39.8 Å². The zero-order chi connectivity index (χ0) is 12.7. The minimum Gasteiger partial charge on any atom is -0.252 e. The highest BCUT2D eigenvalue weighted by Crippen LogP contribution is 2.33. The van der Waals surface area contributed by atoms with Crippen LogP contribution in [-0.2, 0) is 12.8 Å². The van der Waals surface area contributed by atoms with Crippen LogP contribution in [0.4, 0.5) is 4.39 Å². The first-order valence-corrected chi connectivity index (χ1v) is 6.82. The number of pyridine rings is 1. The number of halogens is 2. The second-order valence-electron chi connectivity index (χ2n) is 4.98. The van der Waals surface area contributed by atoms with Gasteiger partial charge in [-0.2, -0.15) is 0 Å². The first-order valence-electron chi connectivity index (χ1n) is 6.44. The summed E-state index contributed by atoms with van der Waals surface area (Å²) in [6, 6.07) is 3.23. The van der Waals surface area contributed by atoms with Crippen molar-refractivity contribution in [1.29, 1.82) is 0 Å². The fraction of sp³-hybridized carbons (Fsp3) is 0.400. The molecule has 2 aromatic rings. The van der Waals surface area contributed by atoms with E-state index in [1.807, 2.05) is 0 Å². The van der Waals surface area contributed by atoms with E-state index in [2.05, 4.69) is 4.98 Å². The van der Waals surface area contributed by atoms with Gasteiger partial charge in [0.1, 0.15) is 5.82 Å². The van der Waals surface area contributed by atoms with E-state index in [-0.39, 0.29) is 5.82 Å². The third-order valence-electron chi connectivity index (χ3n) is 3.80. The predicted molar refractivity (Wildman–Crippen MR) is 72.7 cm³/mol. The molecule has 0 radical (unpaired) electrons. The minimum absolute atomic E-state index is 0.209. The highest BCUT2D eigenvalue weighted by atomic mass is 35.5. The smallest absolute Gasteiger partial charge is 0.128 e. The zero-order valence-corrected chi connectivity index (χ0v) is 11.1. The molecule has 0 amide bonds. The first-order chi connectivity index (χ1) is 8.68. The lowest BCUT2D eigenvalue weighted by Gasteiger charge is -2.12. The molecular formula is C15H15ClFN. The first kappa shape index (κ1) is 11.9. The van der Waals surface area contributed by atoms with Crippen LogP contribution in [0.15, 0.2) is 12.1 Å². The van der Waals surface area contributed by atoms with Gasteiger partial charge < -0.3 is 0 Å². The van der Waals surface area contributed by atoms with Gasteiger partial charge in [-0.25, -0.2) is 4.39 Å². The molecule has 0 atom stereocenters. The van der Waals surface area contributed by atoms with E-state index in [1.54, 1.807) is 13.0 Å². The second kappa shape index (κ2) is 4.51. The summed E-state index contributed by atoms with van der Waals surface area (Å²) in [5.41, 5.74) is 3.56. The Morgan fingerprint density at radius 2 is 1.94 bits per heavy atom. The molecule has 18 heavy (non-hydrogen) atoms. The lowest BCUT2D eigenvalue weighted by atomic mass is 10.0. The molecule has 1 nitrogen and oxygen atoms in total. The van der Waals surface area contributed by atoms with E-state index in [0.717, 1.165) is 40.9 Å². The molecule has 3 rings (SSSR count). The van der Waals surface area contributed by atoms with Crippen LogP contribution >= 0.6 is 11.6 Å². The number of benzene rings is 1. The van der Waals surface area contributed by atoms with Gasteiger partial charge in [0.15, 0.2) is 0 Å². The highest BCUT2D eigenvalue weighted by molar-refractivity contribution is 6.36. The molecule has 3 heteroatoms. The molecule has 0 unspecified atom stereocenters. The maximum atomic E-state index is 13.6. The number of hydrogen-bond donors (Lipinski definition) is 0. The van der Waals surface area contributed by atoms with Gasteiger partial charge in [0, 0.05) is 16.6 Å². The predicted octanol–water partition coefficient (Wildman–Crippen LogP) is 4.60. The van der Waals surface area contributed by atoms with Gasteiger partial charge in [-0.3, -0.25) is 4.98 Å². The normalized spacial score (nSPS) is 15.5. The molecule has 0 aliphatic heterocycles. The van der Waals surface area contributed by atoms with Crippen LogP contribution in [0.1, 0.15) is 36.1 Å². The fourth-order valence-corrected chi connectivity index (χ4v) is 3.08. The second-order valence-corrected chi connectivity index (χ2v) is 5.36. The molecule has 1 aromatic heterocycles. The average Bonchev–Trinajstić information content (AvgIpc) is 2.60. The Labute approximate surface area is 111 Å². The molecule has 0 bridgehead atoms. The molecule has 1 aliphatic rings. The van der Waals surface area contributed by atoms with Gasteiger partial charge in [0.25, 0.3) is 0 Å². The van der Waals surface area contributed by atoms with Gasteiger partial charge in [-0.15, -0.1) is 0 Å². The van der Waals surface area contributed by atoms with Crippen LogP contribution in [-0.4, -0.2) is 4.98 Å². The van der Waals surface area contributed by atoms with Crippen molar-refractivity contribution in [3.8, 4) is 0 Å². The van der Waals surface area contributed by atoms with Crippen molar-refractivity contribution in [2.24, 2.45) is 0 Å². The SMILES string of the molecule is Cc1c(F)ccc2c(Cl)c3c(nc12)CCCCC3. The molecule has 94 valence electrons. The van der Waals surface area contributed by atoms with Gasteiger partial charge in [-0.1, -0.05) is 18.0 Å². The molecule has 0 saturated carbocycles. The topological polar surface area (TPSA) is 12.9 Å². The minimum atomic E-state index is -0.209. The number of aryl methyl sites for hydroxylation is 2. The Bertz CT molecular complexity index is 622. The van der Waals surface area contributed by atoms with Gasteiger partial charge in [0.2, 0.25) is 0 Å². The summed E-state index contributed by atoms with van der Waals surface area (Å²) in [5, 5.41) is 1.66. The lowest BCUT2D eigenvalue weighted by Crippen LogP contribution is -2.00. The molecule has 0 N–H and O–H groups in total. The largest absolute Gasteiger partial charge is 0.252 e. The van der Waals surface area contributed by atoms with E-state index in [4.69, 9.17) is 11.6 Å². The Balaban J connectivity index is 2.34. The van der Waals surface area contributed by atoms with Gasteiger partial charge in [-0.05, 0) is 50.3 Å². The van der Waals surface area contributed by atoms with Crippen molar-refractivity contribution in [2.45, 2.75) is 39.0 Å². The standard InChI is InChI=1S/C15H15ClFN/c1-9-12(17)8-7-11-14(16)10-5-3-2-4-6-13(10)18-15(9)11/h7-8H,2-6H2,1H3. The number of hydrogen-bond acceptors (Lipinski definition) is 1. The number of aromatic nitrogens is 1. The molecular weight excluding hydrogens is 249 g/mol. The van der Waals surface area contributed by atoms with Crippen LogP contribution in [0.5, 0.6) is 0 Å². The van der Waals surface area contributed by atoms with Crippen LogP contribution in [0.2, 0.25) is 5.02 Å². The Morgan fingerprint density at radius 1 is 1.17 bits per heavy atom. The van der Waals surface area contributed by atoms with Crippen LogP contribution in [0.3, 0.4) is 0 Å². The Morgan fingerprint density at radius 3 is 2.78 bits per heavy atom. The maximum Gasteiger partial charge on any atom is 0.128 e. The molecule has 0 saturated heterocycles. The number of rotatable bonds is 0. The fourth-order valence-electron chi connectivity index (χ4n) is 2.72.